The Labute approximate surface area is 117 Å². The van der Waals surface area contributed by atoms with Crippen LogP contribution in [0.2, 0.25) is 0 Å². The molecule has 2 aromatic rings. The summed E-state index contributed by atoms with van der Waals surface area (Å²) in [5.41, 5.74) is 2.34. The van der Waals surface area contributed by atoms with E-state index in [2.05, 4.69) is 4.99 Å². The molecule has 3 rings (SSSR count). The summed E-state index contributed by atoms with van der Waals surface area (Å²) in [5.74, 6) is 0. The Bertz CT molecular complexity index is 770. The second-order valence-corrected chi connectivity index (χ2v) is 5.73. The van der Waals surface area contributed by atoms with Crippen LogP contribution in [0.3, 0.4) is 0 Å². The highest BCUT2D eigenvalue weighted by molar-refractivity contribution is 7.87. The summed E-state index contributed by atoms with van der Waals surface area (Å²) in [7, 11) is -4.33. The summed E-state index contributed by atoms with van der Waals surface area (Å²) in [6.45, 7) is 0.0137. The van der Waals surface area contributed by atoms with Crippen LogP contribution in [0.5, 0.6) is 0 Å². The minimum Gasteiger partial charge on any atom is -0.269 e. The Morgan fingerprint density at radius 3 is 2.35 bits per heavy atom. The molecule has 1 aliphatic heterocycles. The van der Waals surface area contributed by atoms with Crippen molar-refractivity contribution in [3.63, 3.8) is 0 Å². The summed E-state index contributed by atoms with van der Waals surface area (Å²) in [6.07, 6.45) is 0. The lowest BCUT2D eigenvalue weighted by Crippen LogP contribution is -2.37. The third-order valence-corrected chi connectivity index (χ3v) is 3.97. The maximum Gasteiger partial charge on any atom is 0.360 e. The molecular weight excluding hydrogens is 276 g/mol. The first-order chi connectivity index (χ1) is 9.55. The highest BCUT2D eigenvalue weighted by Crippen LogP contribution is 2.34. The number of anilines is 1. The highest BCUT2D eigenvalue weighted by Gasteiger charge is 2.27. The van der Waals surface area contributed by atoms with Crippen LogP contribution in [0, 0.1) is 0 Å². The number of aliphatic imine (C=N–C) groups is 1. The topological polar surface area (TPSA) is 70.0 Å². The van der Waals surface area contributed by atoms with E-state index in [4.69, 9.17) is 0 Å². The van der Waals surface area contributed by atoms with Crippen molar-refractivity contribution in [2.24, 2.45) is 4.99 Å². The van der Waals surface area contributed by atoms with Crippen LogP contribution in [0.25, 0.3) is 0 Å². The minimum absolute atomic E-state index is 0.0137. The second kappa shape index (κ2) is 4.73. The molecule has 0 unspecified atom stereocenters. The van der Waals surface area contributed by atoms with Gasteiger partial charge < -0.3 is 0 Å². The fourth-order valence-electron chi connectivity index (χ4n) is 2.16. The molecule has 0 atom stereocenters. The van der Waals surface area contributed by atoms with Crippen molar-refractivity contribution >= 4 is 27.4 Å². The Balaban J connectivity index is 2.15. The molecule has 0 saturated carbocycles. The second-order valence-electron chi connectivity index (χ2n) is 4.40. The number of fused-ring (bicyclic) bond motifs is 1. The van der Waals surface area contributed by atoms with Gasteiger partial charge in [-0.1, -0.05) is 42.5 Å². The zero-order chi connectivity index (χ0) is 14.2. The molecule has 6 heteroatoms. The normalized spacial score (nSPS) is 14.7. The summed E-state index contributed by atoms with van der Waals surface area (Å²) in [4.78, 5) is 4.48. The molecule has 5 nitrogen and oxygen atoms in total. The molecule has 20 heavy (non-hydrogen) atoms. The first-order valence-electron chi connectivity index (χ1n) is 6.03. The molecular formula is C14H12N2O3S. The van der Waals surface area contributed by atoms with Crippen LogP contribution in [0.15, 0.2) is 59.6 Å². The minimum atomic E-state index is -4.33. The van der Waals surface area contributed by atoms with E-state index in [-0.39, 0.29) is 6.54 Å². The third kappa shape index (κ3) is 2.31. The molecule has 102 valence electrons. The average Bonchev–Trinajstić information content (AvgIpc) is 2.46. The van der Waals surface area contributed by atoms with Gasteiger partial charge in [-0.05, 0) is 17.7 Å². The van der Waals surface area contributed by atoms with Gasteiger partial charge in [-0.25, -0.2) is 9.30 Å². The number of hydrogen-bond donors (Lipinski definition) is 1. The highest BCUT2D eigenvalue weighted by atomic mass is 32.2. The van der Waals surface area contributed by atoms with Gasteiger partial charge in [0.2, 0.25) is 0 Å². The lowest BCUT2D eigenvalue weighted by molar-refractivity contribution is 0.480. The number of nitrogens with zero attached hydrogens (tertiary/aromatic N) is 2. The van der Waals surface area contributed by atoms with Crippen molar-refractivity contribution in [1.82, 2.24) is 0 Å². The summed E-state index contributed by atoms with van der Waals surface area (Å²) < 4.78 is 33.5. The van der Waals surface area contributed by atoms with Gasteiger partial charge in [-0.2, -0.15) is 8.42 Å². The fourth-order valence-corrected chi connectivity index (χ4v) is 2.85. The number of benzene rings is 2. The Morgan fingerprint density at radius 2 is 1.65 bits per heavy atom. The first kappa shape index (κ1) is 12.8. The molecule has 2 aromatic carbocycles. The molecule has 0 bridgehead atoms. The molecule has 1 aliphatic rings. The van der Waals surface area contributed by atoms with E-state index >= 15 is 0 Å². The molecule has 0 amide bonds. The van der Waals surface area contributed by atoms with Gasteiger partial charge in [0.15, 0.2) is 0 Å². The zero-order valence-electron chi connectivity index (χ0n) is 10.5. The van der Waals surface area contributed by atoms with Gasteiger partial charge in [0.1, 0.15) is 0 Å². The van der Waals surface area contributed by atoms with E-state index in [0.29, 0.717) is 17.1 Å². The quantitative estimate of drug-likeness (QED) is 0.863. The molecule has 0 spiro atoms. The fraction of sp³-hybridized carbons (Fsp3) is 0.0714. The lowest BCUT2D eigenvalue weighted by Gasteiger charge is -2.27. The van der Waals surface area contributed by atoms with Crippen molar-refractivity contribution in [3.05, 3.63) is 60.2 Å². The van der Waals surface area contributed by atoms with Crippen LogP contribution in [-0.4, -0.2) is 25.2 Å². The Hall–Kier alpha value is -2.18. The van der Waals surface area contributed by atoms with Crippen LogP contribution in [0.4, 0.5) is 11.4 Å². The van der Waals surface area contributed by atoms with E-state index in [1.54, 1.807) is 24.3 Å². The molecule has 1 N–H and O–H groups in total. The lowest BCUT2D eigenvalue weighted by atomic mass is 10.1. The van der Waals surface area contributed by atoms with Crippen LogP contribution in [-0.2, 0) is 10.3 Å². The molecule has 1 heterocycles. The van der Waals surface area contributed by atoms with E-state index in [0.717, 1.165) is 9.87 Å². The SMILES string of the molecule is O=S(=O)(O)N1CC(c2ccccc2)=Nc2ccccc21. The summed E-state index contributed by atoms with van der Waals surface area (Å²) in [6, 6.07) is 16.1. The smallest absolute Gasteiger partial charge is 0.269 e. The number of hydrogen-bond acceptors (Lipinski definition) is 3. The van der Waals surface area contributed by atoms with Gasteiger partial charge in [0, 0.05) is 0 Å². The van der Waals surface area contributed by atoms with Gasteiger partial charge in [0.05, 0.1) is 23.6 Å². The van der Waals surface area contributed by atoms with E-state index in [9.17, 15) is 13.0 Å². The van der Waals surface area contributed by atoms with Gasteiger partial charge >= 0.3 is 10.3 Å². The van der Waals surface area contributed by atoms with Gasteiger partial charge in [-0.15, -0.1) is 0 Å². The molecule has 0 fully saturated rings. The molecule has 0 aromatic heterocycles. The van der Waals surface area contributed by atoms with Gasteiger partial charge in [0.25, 0.3) is 0 Å². The molecule has 0 saturated heterocycles. The summed E-state index contributed by atoms with van der Waals surface area (Å²) >= 11 is 0. The standard InChI is InChI=1S/C14H12N2O3S/c17-20(18,19)16-10-13(11-6-2-1-3-7-11)15-12-8-4-5-9-14(12)16/h1-9H,10H2,(H,17,18,19). The largest absolute Gasteiger partial charge is 0.360 e. The Morgan fingerprint density at radius 1 is 1.00 bits per heavy atom. The zero-order valence-corrected chi connectivity index (χ0v) is 11.3. The van der Waals surface area contributed by atoms with Crippen molar-refractivity contribution in [2.75, 3.05) is 10.8 Å². The average molecular weight is 288 g/mol. The predicted octanol–water partition coefficient (Wildman–Crippen LogP) is 2.43. The maximum absolute atomic E-state index is 11.6. The first-order valence-corrected chi connectivity index (χ1v) is 7.42. The van der Waals surface area contributed by atoms with E-state index in [1.807, 2.05) is 30.3 Å². The summed E-state index contributed by atoms with van der Waals surface area (Å²) in [5, 5.41) is 0. The predicted molar refractivity (Wildman–Crippen MR) is 78.0 cm³/mol. The van der Waals surface area contributed by atoms with Gasteiger partial charge in [-0.3, -0.25) is 4.55 Å². The Kier molecular flexibility index (Phi) is 3.04. The van der Waals surface area contributed by atoms with Crippen LogP contribution in [0.1, 0.15) is 5.56 Å². The van der Waals surface area contributed by atoms with Crippen molar-refractivity contribution in [1.29, 1.82) is 0 Å². The number of para-hydroxylation sites is 2. The molecule has 0 radical (unpaired) electrons. The van der Waals surface area contributed by atoms with E-state index < -0.39 is 10.3 Å². The van der Waals surface area contributed by atoms with Crippen LogP contribution >= 0.6 is 0 Å². The van der Waals surface area contributed by atoms with Crippen molar-refractivity contribution in [2.45, 2.75) is 0 Å². The third-order valence-electron chi connectivity index (χ3n) is 3.08. The van der Waals surface area contributed by atoms with E-state index in [1.165, 1.54) is 0 Å². The van der Waals surface area contributed by atoms with Crippen molar-refractivity contribution < 1.29 is 13.0 Å². The number of rotatable bonds is 2. The van der Waals surface area contributed by atoms with Crippen LogP contribution < -0.4 is 4.31 Å². The molecule has 0 aliphatic carbocycles. The van der Waals surface area contributed by atoms with Crippen molar-refractivity contribution in [3.8, 4) is 0 Å². The monoisotopic (exact) mass is 288 g/mol. The maximum atomic E-state index is 11.6.